The van der Waals surface area contributed by atoms with Gasteiger partial charge in [0.25, 0.3) is 0 Å². The predicted molar refractivity (Wildman–Crippen MR) is 128 cm³/mol. The lowest BCUT2D eigenvalue weighted by Gasteiger charge is -2.41. The Bertz CT molecular complexity index is 964. The predicted octanol–water partition coefficient (Wildman–Crippen LogP) is 4.16. The number of nitrogens with one attached hydrogen (secondary N) is 1. The molecule has 1 aliphatic rings. The van der Waals surface area contributed by atoms with Gasteiger partial charge in [-0.2, -0.15) is 0 Å². The minimum absolute atomic E-state index is 0.00939. The van der Waals surface area contributed by atoms with Gasteiger partial charge in [-0.1, -0.05) is 24.3 Å². The standard InChI is InChI=1S/C25H30F2N2O.CH3NO/c1-5-20(8-9-24(30)28-4)25-22(26)12-21(13-23(25)27)29-14-19(15-29)11-18-7-6-16(2)17(3)10-18;2-1-3/h5-7,10,12-13,19-20H,1,8-9,11,14-15H2,2-4H3,(H,28,30);1H,(H2,2,3). The van der Waals surface area contributed by atoms with Crippen molar-refractivity contribution in [1.82, 2.24) is 5.32 Å². The number of halogens is 2. The zero-order valence-electron chi connectivity index (χ0n) is 19.5. The van der Waals surface area contributed by atoms with Crippen LogP contribution in [-0.2, 0) is 16.0 Å². The first-order chi connectivity index (χ1) is 15.7. The quantitative estimate of drug-likeness (QED) is 0.462. The summed E-state index contributed by atoms with van der Waals surface area (Å²) in [4.78, 5) is 22.1. The van der Waals surface area contributed by atoms with Gasteiger partial charge in [-0.15, -0.1) is 6.58 Å². The fourth-order valence-corrected chi connectivity index (χ4v) is 4.07. The van der Waals surface area contributed by atoms with Gasteiger partial charge in [-0.3, -0.25) is 9.59 Å². The van der Waals surface area contributed by atoms with Gasteiger partial charge in [0.1, 0.15) is 11.6 Å². The number of benzene rings is 2. The molecule has 3 N–H and O–H groups in total. The van der Waals surface area contributed by atoms with Crippen molar-refractivity contribution in [3.05, 3.63) is 76.9 Å². The van der Waals surface area contributed by atoms with E-state index in [4.69, 9.17) is 4.79 Å². The fraction of sp³-hybridized carbons (Fsp3) is 0.385. The first-order valence-corrected chi connectivity index (χ1v) is 11.0. The van der Waals surface area contributed by atoms with Gasteiger partial charge in [-0.05, 0) is 61.4 Å². The van der Waals surface area contributed by atoms with Crippen LogP contribution in [-0.4, -0.2) is 32.5 Å². The highest BCUT2D eigenvalue weighted by Crippen LogP contribution is 2.34. The van der Waals surface area contributed by atoms with Gasteiger partial charge >= 0.3 is 0 Å². The van der Waals surface area contributed by atoms with Crippen LogP contribution < -0.4 is 16.0 Å². The van der Waals surface area contributed by atoms with Crippen LogP contribution in [0.2, 0.25) is 0 Å². The second-order valence-electron chi connectivity index (χ2n) is 8.41. The maximum Gasteiger partial charge on any atom is 0.219 e. The average molecular weight is 458 g/mol. The summed E-state index contributed by atoms with van der Waals surface area (Å²) in [5.41, 5.74) is 8.61. The van der Waals surface area contributed by atoms with Gasteiger partial charge in [0.2, 0.25) is 12.3 Å². The van der Waals surface area contributed by atoms with E-state index in [9.17, 15) is 13.6 Å². The Morgan fingerprint density at radius 3 is 2.33 bits per heavy atom. The molecule has 5 nitrogen and oxygen atoms in total. The Kier molecular flexibility index (Phi) is 9.57. The van der Waals surface area contributed by atoms with E-state index in [1.54, 1.807) is 7.05 Å². The van der Waals surface area contributed by atoms with Crippen molar-refractivity contribution >= 4 is 18.0 Å². The summed E-state index contributed by atoms with van der Waals surface area (Å²) in [5.74, 6) is -1.37. The lowest BCUT2D eigenvalue weighted by atomic mass is 9.89. The lowest BCUT2D eigenvalue weighted by molar-refractivity contribution is -0.120. The number of carbonyl (C=O) groups is 2. The number of anilines is 1. The third-order valence-corrected chi connectivity index (χ3v) is 6.10. The number of allylic oxidation sites excluding steroid dienone is 1. The van der Waals surface area contributed by atoms with E-state index in [-0.39, 0.29) is 24.3 Å². The number of hydrogen-bond acceptors (Lipinski definition) is 3. The SMILES string of the molecule is C=CC(CCC(=O)NC)c1c(F)cc(N2CC(Cc3ccc(C)c(C)c3)C2)cc1F.NC=O. The Morgan fingerprint density at radius 1 is 1.21 bits per heavy atom. The largest absolute Gasteiger partial charge is 0.372 e. The van der Waals surface area contributed by atoms with Crippen LogP contribution in [0.3, 0.4) is 0 Å². The minimum atomic E-state index is -0.579. The summed E-state index contributed by atoms with van der Waals surface area (Å²) in [6.45, 7) is 9.48. The number of primary amides is 1. The van der Waals surface area contributed by atoms with Crippen LogP contribution >= 0.6 is 0 Å². The van der Waals surface area contributed by atoms with E-state index in [2.05, 4.69) is 49.7 Å². The van der Waals surface area contributed by atoms with Crippen LogP contribution in [0.5, 0.6) is 0 Å². The topological polar surface area (TPSA) is 75.4 Å². The van der Waals surface area contributed by atoms with Crippen LogP contribution in [0.4, 0.5) is 14.5 Å². The Labute approximate surface area is 194 Å². The third kappa shape index (κ3) is 6.88. The molecule has 2 aromatic carbocycles. The Hall–Kier alpha value is -3.22. The Morgan fingerprint density at radius 2 is 1.82 bits per heavy atom. The first kappa shape index (κ1) is 26.0. The fourth-order valence-electron chi connectivity index (χ4n) is 4.07. The number of rotatable bonds is 8. The number of aryl methyl sites for hydroxylation is 2. The molecule has 0 radical (unpaired) electrons. The van der Waals surface area contributed by atoms with E-state index >= 15 is 0 Å². The molecule has 0 aliphatic carbocycles. The molecule has 2 amide bonds. The monoisotopic (exact) mass is 457 g/mol. The molecule has 0 saturated carbocycles. The van der Waals surface area contributed by atoms with Gasteiger partial charge in [0.15, 0.2) is 0 Å². The highest BCUT2D eigenvalue weighted by molar-refractivity contribution is 5.75. The number of hydrogen-bond donors (Lipinski definition) is 2. The molecule has 0 spiro atoms. The summed E-state index contributed by atoms with van der Waals surface area (Å²) < 4.78 is 29.6. The molecule has 1 heterocycles. The third-order valence-electron chi connectivity index (χ3n) is 6.10. The molecular weight excluding hydrogens is 424 g/mol. The van der Waals surface area contributed by atoms with Crippen LogP contribution in [0.1, 0.15) is 41.0 Å². The molecule has 1 saturated heterocycles. The molecule has 0 bridgehead atoms. The van der Waals surface area contributed by atoms with E-state index in [1.807, 2.05) is 4.90 Å². The van der Waals surface area contributed by atoms with Gasteiger partial charge in [0.05, 0.1) is 0 Å². The number of nitrogens with two attached hydrogens (primary N) is 1. The molecular formula is C26H33F2N3O2. The molecule has 3 rings (SSSR count). The summed E-state index contributed by atoms with van der Waals surface area (Å²) in [7, 11) is 1.54. The molecule has 178 valence electrons. The summed E-state index contributed by atoms with van der Waals surface area (Å²) in [5, 5.41) is 2.52. The number of nitrogens with zero attached hydrogens (tertiary/aromatic N) is 1. The smallest absolute Gasteiger partial charge is 0.219 e. The highest BCUT2D eigenvalue weighted by atomic mass is 19.1. The molecule has 1 fully saturated rings. The molecule has 1 atom stereocenters. The molecule has 33 heavy (non-hydrogen) atoms. The lowest BCUT2D eigenvalue weighted by Crippen LogP contribution is -2.47. The molecule has 1 aliphatic heterocycles. The van der Waals surface area contributed by atoms with E-state index in [1.165, 1.54) is 34.9 Å². The van der Waals surface area contributed by atoms with Gasteiger partial charge in [-0.25, -0.2) is 8.78 Å². The van der Waals surface area contributed by atoms with Gasteiger partial charge in [0, 0.05) is 43.7 Å². The van der Waals surface area contributed by atoms with Crippen molar-refractivity contribution in [2.75, 3.05) is 25.0 Å². The number of amides is 2. The van der Waals surface area contributed by atoms with Crippen LogP contribution in [0.15, 0.2) is 43.0 Å². The molecule has 1 unspecified atom stereocenters. The zero-order chi connectivity index (χ0) is 24.5. The van der Waals surface area contributed by atoms with E-state index < -0.39 is 17.6 Å². The van der Waals surface area contributed by atoms with Crippen molar-refractivity contribution < 1.29 is 18.4 Å². The minimum Gasteiger partial charge on any atom is -0.372 e. The van der Waals surface area contributed by atoms with Crippen LogP contribution in [0, 0.1) is 31.4 Å². The number of carbonyl (C=O) groups excluding carboxylic acids is 2. The normalized spacial score (nSPS) is 13.9. The van der Waals surface area contributed by atoms with Crippen molar-refractivity contribution in [2.24, 2.45) is 11.7 Å². The van der Waals surface area contributed by atoms with Crippen molar-refractivity contribution in [3.63, 3.8) is 0 Å². The van der Waals surface area contributed by atoms with E-state index in [0.717, 1.165) is 19.5 Å². The summed E-state index contributed by atoms with van der Waals surface area (Å²) in [6, 6.07) is 9.33. The van der Waals surface area contributed by atoms with Gasteiger partial charge < -0.3 is 16.0 Å². The second-order valence-corrected chi connectivity index (χ2v) is 8.41. The van der Waals surface area contributed by atoms with E-state index in [0.29, 0.717) is 18.0 Å². The average Bonchev–Trinajstić information content (AvgIpc) is 2.74. The van der Waals surface area contributed by atoms with Crippen molar-refractivity contribution in [3.8, 4) is 0 Å². The summed E-state index contributed by atoms with van der Waals surface area (Å²) in [6.07, 6.45) is 3.24. The molecule has 2 aromatic rings. The molecule has 0 aromatic heterocycles. The zero-order valence-corrected chi connectivity index (χ0v) is 19.5. The van der Waals surface area contributed by atoms with Crippen molar-refractivity contribution in [1.29, 1.82) is 0 Å². The maximum atomic E-state index is 14.8. The van der Waals surface area contributed by atoms with Crippen LogP contribution in [0.25, 0.3) is 0 Å². The first-order valence-electron chi connectivity index (χ1n) is 11.0. The highest BCUT2D eigenvalue weighted by Gasteiger charge is 2.29. The Balaban J connectivity index is 0.00000122. The second kappa shape index (κ2) is 12.1. The maximum absolute atomic E-state index is 14.8. The van der Waals surface area contributed by atoms with Crippen molar-refractivity contribution in [2.45, 2.75) is 39.0 Å². The summed E-state index contributed by atoms with van der Waals surface area (Å²) >= 11 is 0. The molecule has 7 heteroatoms.